The summed E-state index contributed by atoms with van der Waals surface area (Å²) in [5.41, 5.74) is 2.10. The highest BCUT2D eigenvalue weighted by molar-refractivity contribution is 7.80. The second kappa shape index (κ2) is 8.18. The standard InChI is InChI=1S/C23H34N2O2S2/c1-5-17-13(3)29-20(19(17)21(26)27-4)25-22(28)24-18(6-2)23-10-14-7-15(11-23)9-16(8-14)12-23/h14-16,18H,5-12H2,1-4H3,(H2,24,25,28). The fourth-order valence-electron chi connectivity index (χ4n) is 7.00. The molecule has 0 aromatic carbocycles. The molecule has 0 amide bonds. The van der Waals surface area contributed by atoms with Crippen LogP contribution < -0.4 is 10.6 Å². The molecule has 4 nitrogen and oxygen atoms in total. The third-order valence-electron chi connectivity index (χ3n) is 7.72. The third-order valence-corrected chi connectivity index (χ3v) is 9.00. The Balaban J connectivity index is 1.50. The highest BCUT2D eigenvalue weighted by Crippen LogP contribution is 2.61. The van der Waals surface area contributed by atoms with E-state index in [-0.39, 0.29) is 5.97 Å². The monoisotopic (exact) mass is 434 g/mol. The highest BCUT2D eigenvalue weighted by Gasteiger charge is 2.53. The molecule has 0 saturated heterocycles. The molecule has 4 aliphatic carbocycles. The molecule has 1 aromatic heterocycles. The molecule has 0 aliphatic heterocycles. The number of methoxy groups -OCH3 is 1. The van der Waals surface area contributed by atoms with Crippen LogP contribution in [-0.4, -0.2) is 24.2 Å². The molecule has 2 N–H and O–H groups in total. The number of esters is 1. The van der Waals surface area contributed by atoms with E-state index in [1.807, 2.05) is 0 Å². The Morgan fingerprint density at radius 2 is 1.79 bits per heavy atom. The van der Waals surface area contributed by atoms with E-state index < -0.39 is 0 Å². The first-order valence-electron chi connectivity index (χ1n) is 11.2. The molecule has 4 bridgehead atoms. The number of carbonyl (C=O) groups excluding carboxylic acids is 1. The van der Waals surface area contributed by atoms with Gasteiger partial charge < -0.3 is 15.4 Å². The van der Waals surface area contributed by atoms with Crippen LogP contribution in [0, 0.1) is 30.1 Å². The number of anilines is 1. The number of nitrogens with one attached hydrogen (secondary N) is 2. The van der Waals surface area contributed by atoms with Crippen LogP contribution in [-0.2, 0) is 11.2 Å². The number of ether oxygens (including phenoxy) is 1. The molecular formula is C23H34N2O2S2. The first-order valence-corrected chi connectivity index (χ1v) is 12.4. The Bertz CT molecular complexity index is 766. The normalized spacial score (nSPS) is 30.8. The van der Waals surface area contributed by atoms with Crippen LogP contribution in [0.15, 0.2) is 0 Å². The molecule has 4 saturated carbocycles. The van der Waals surface area contributed by atoms with Gasteiger partial charge in [0.15, 0.2) is 5.11 Å². The molecule has 5 rings (SSSR count). The average Bonchev–Trinajstić information content (AvgIpc) is 2.98. The van der Waals surface area contributed by atoms with Crippen LogP contribution in [0.25, 0.3) is 0 Å². The van der Waals surface area contributed by atoms with Gasteiger partial charge in [0.2, 0.25) is 0 Å². The summed E-state index contributed by atoms with van der Waals surface area (Å²) >= 11 is 7.33. The fourth-order valence-corrected chi connectivity index (χ4v) is 8.45. The van der Waals surface area contributed by atoms with Crippen molar-refractivity contribution in [1.82, 2.24) is 5.32 Å². The Morgan fingerprint density at radius 3 is 2.28 bits per heavy atom. The van der Waals surface area contributed by atoms with E-state index in [0.29, 0.717) is 22.1 Å². The molecule has 1 aromatic rings. The van der Waals surface area contributed by atoms with Gasteiger partial charge in [-0.15, -0.1) is 11.3 Å². The lowest BCUT2D eigenvalue weighted by Gasteiger charge is -2.59. The lowest BCUT2D eigenvalue weighted by atomic mass is 9.47. The van der Waals surface area contributed by atoms with Crippen molar-refractivity contribution in [1.29, 1.82) is 0 Å². The van der Waals surface area contributed by atoms with Crippen LogP contribution in [0.5, 0.6) is 0 Å². The summed E-state index contributed by atoms with van der Waals surface area (Å²) in [4.78, 5) is 13.5. The molecule has 1 atom stereocenters. The Kier molecular flexibility index (Phi) is 5.95. The van der Waals surface area contributed by atoms with Crippen molar-refractivity contribution in [3.05, 3.63) is 16.0 Å². The number of rotatable bonds is 6. The average molecular weight is 435 g/mol. The van der Waals surface area contributed by atoms with Crippen molar-refractivity contribution in [2.24, 2.45) is 23.2 Å². The van der Waals surface area contributed by atoms with E-state index in [9.17, 15) is 4.79 Å². The zero-order chi connectivity index (χ0) is 20.8. The van der Waals surface area contributed by atoms with Crippen LogP contribution in [0.4, 0.5) is 5.00 Å². The summed E-state index contributed by atoms with van der Waals surface area (Å²) in [6.07, 6.45) is 10.3. The maximum atomic E-state index is 12.4. The minimum absolute atomic E-state index is 0.287. The summed E-state index contributed by atoms with van der Waals surface area (Å²) < 4.78 is 5.05. The number of thiophene rings is 1. The minimum atomic E-state index is -0.287. The zero-order valence-electron chi connectivity index (χ0n) is 18.1. The van der Waals surface area contributed by atoms with E-state index in [1.54, 1.807) is 11.3 Å². The van der Waals surface area contributed by atoms with Crippen molar-refractivity contribution < 1.29 is 9.53 Å². The van der Waals surface area contributed by atoms with Gasteiger partial charge in [-0.3, -0.25) is 0 Å². The molecular weight excluding hydrogens is 400 g/mol. The van der Waals surface area contributed by atoms with E-state index in [4.69, 9.17) is 17.0 Å². The second-order valence-corrected chi connectivity index (χ2v) is 11.2. The van der Waals surface area contributed by atoms with E-state index >= 15 is 0 Å². The smallest absolute Gasteiger partial charge is 0.341 e. The van der Waals surface area contributed by atoms with Gasteiger partial charge in [-0.1, -0.05) is 13.8 Å². The summed E-state index contributed by atoms with van der Waals surface area (Å²) in [6, 6.07) is 0.407. The van der Waals surface area contributed by atoms with Crippen molar-refractivity contribution in [2.75, 3.05) is 12.4 Å². The maximum Gasteiger partial charge on any atom is 0.341 e. The highest BCUT2D eigenvalue weighted by atomic mass is 32.1. The minimum Gasteiger partial charge on any atom is -0.465 e. The molecule has 6 heteroatoms. The van der Waals surface area contributed by atoms with Gasteiger partial charge in [0.05, 0.1) is 12.7 Å². The maximum absolute atomic E-state index is 12.4. The number of aryl methyl sites for hydroxylation is 1. The Hall–Kier alpha value is -1.14. The quantitative estimate of drug-likeness (QED) is 0.445. The molecule has 4 fully saturated rings. The lowest BCUT2D eigenvalue weighted by molar-refractivity contribution is -0.0710. The van der Waals surface area contributed by atoms with Gasteiger partial charge in [0, 0.05) is 10.9 Å². The summed E-state index contributed by atoms with van der Waals surface area (Å²) in [7, 11) is 1.44. The van der Waals surface area contributed by atoms with Crippen molar-refractivity contribution in [3.63, 3.8) is 0 Å². The van der Waals surface area contributed by atoms with Crippen molar-refractivity contribution >= 4 is 39.6 Å². The number of carbonyl (C=O) groups is 1. The van der Waals surface area contributed by atoms with Crippen LogP contribution in [0.2, 0.25) is 0 Å². The molecule has 160 valence electrons. The summed E-state index contributed by atoms with van der Waals surface area (Å²) in [6.45, 7) is 6.41. The molecule has 0 radical (unpaired) electrons. The predicted octanol–water partition coefficient (Wildman–Crippen LogP) is 5.69. The van der Waals surface area contributed by atoms with E-state index in [2.05, 4.69) is 31.4 Å². The van der Waals surface area contributed by atoms with Crippen molar-refractivity contribution in [3.8, 4) is 0 Å². The summed E-state index contributed by atoms with van der Waals surface area (Å²) in [5.74, 6) is 2.49. The molecule has 1 heterocycles. The van der Waals surface area contributed by atoms with Crippen LogP contribution in [0.3, 0.4) is 0 Å². The molecule has 29 heavy (non-hydrogen) atoms. The fraction of sp³-hybridized carbons (Fsp3) is 0.739. The van der Waals surface area contributed by atoms with E-state index in [1.165, 1.54) is 45.6 Å². The topological polar surface area (TPSA) is 50.4 Å². The Morgan fingerprint density at radius 1 is 1.21 bits per heavy atom. The molecule has 1 unspecified atom stereocenters. The molecule has 0 spiro atoms. The second-order valence-electron chi connectivity index (χ2n) is 9.53. The first kappa shape index (κ1) is 21.1. The van der Waals surface area contributed by atoms with Gasteiger partial charge in [0.25, 0.3) is 0 Å². The number of thiocarbonyl (C=S) groups is 1. The Labute approximate surface area is 184 Å². The van der Waals surface area contributed by atoms with Gasteiger partial charge >= 0.3 is 5.97 Å². The first-order chi connectivity index (χ1) is 13.9. The van der Waals surface area contributed by atoms with E-state index in [0.717, 1.165) is 46.0 Å². The third kappa shape index (κ3) is 3.83. The lowest BCUT2D eigenvalue weighted by Crippen LogP contribution is -2.57. The largest absolute Gasteiger partial charge is 0.465 e. The summed E-state index contributed by atoms with van der Waals surface area (Å²) in [5, 5.41) is 8.48. The zero-order valence-corrected chi connectivity index (χ0v) is 19.7. The van der Waals surface area contributed by atoms with Gasteiger partial charge in [0.1, 0.15) is 5.00 Å². The number of hydrogen-bond acceptors (Lipinski definition) is 4. The van der Waals surface area contributed by atoms with Gasteiger partial charge in [-0.2, -0.15) is 0 Å². The molecule has 4 aliphatic rings. The number of hydrogen-bond donors (Lipinski definition) is 2. The van der Waals surface area contributed by atoms with Crippen molar-refractivity contribution in [2.45, 2.75) is 78.2 Å². The SMILES string of the molecule is CCc1c(C)sc(NC(=S)NC(CC)C23CC4CC(CC(C4)C2)C3)c1C(=O)OC. The predicted molar refractivity (Wildman–Crippen MR) is 124 cm³/mol. The van der Waals surface area contributed by atoms with Crippen LogP contribution in [0.1, 0.15) is 79.6 Å². The van der Waals surface area contributed by atoms with Crippen LogP contribution >= 0.6 is 23.6 Å². The van der Waals surface area contributed by atoms with Gasteiger partial charge in [-0.05, 0) is 99.2 Å². The van der Waals surface area contributed by atoms with Gasteiger partial charge in [-0.25, -0.2) is 4.79 Å².